The summed E-state index contributed by atoms with van der Waals surface area (Å²) in [5.74, 6) is -0.249. The van der Waals surface area contributed by atoms with Crippen LogP contribution in [0.5, 0.6) is 0 Å². The third-order valence-corrected chi connectivity index (χ3v) is 5.60. The molecule has 1 fully saturated rings. The Kier molecular flexibility index (Phi) is 6.23. The van der Waals surface area contributed by atoms with Gasteiger partial charge in [0.15, 0.2) is 0 Å². The number of rotatable bonds is 7. The van der Waals surface area contributed by atoms with Gasteiger partial charge in [0.1, 0.15) is 23.3 Å². The van der Waals surface area contributed by atoms with Gasteiger partial charge in [0.25, 0.3) is 11.7 Å². The van der Waals surface area contributed by atoms with Gasteiger partial charge in [0.2, 0.25) is 0 Å². The van der Waals surface area contributed by atoms with E-state index in [9.17, 15) is 14.7 Å². The summed E-state index contributed by atoms with van der Waals surface area (Å²) < 4.78 is 5.79. The van der Waals surface area contributed by atoms with E-state index in [4.69, 9.17) is 4.42 Å². The van der Waals surface area contributed by atoms with Gasteiger partial charge in [-0.3, -0.25) is 9.59 Å². The van der Waals surface area contributed by atoms with Crippen LogP contribution in [0.4, 0.5) is 0 Å². The van der Waals surface area contributed by atoms with E-state index in [1.165, 1.54) is 9.80 Å². The second-order valence-electron chi connectivity index (χ2n) is 7.51. The molecule has 2 heterocycles. The van der Waals surface area contributed by atoms with Crippen LogP contribution in [0.25, 0.3) is 5.76 Å². The maximum atomic E-state index is 12.9. The Bertz CT molecular complexity index is 923. The number of ketones is 1. The highest BCUT2D eigenvalue weighted by atomic mass is 16.3. The molecule has 1 aromatic heterocycles. The minimum absolute atomic E-state index is 0.0859. The number of nitrogens with zero attached hydrogens (tertiary/aromatic N) is 1. The second-order valence-corrected chi connectivity index (χ2v) is 7.51. The molecule has 2 aromatic rings. The molecular weight excluding hydrogens is 368 g/mol. The highest BCUT2D eigenvalue weighted by Crippen LogP contribution is 2.39. The molecule has 1 aliphatic heterocycles. The second kappa shape index (κ2) is 8.66. The van der Waals surface area contributed by atoms with Gasteiger partial charge in [-0.05, 0) is 39.8 Å². The van der Waals surface area contributed by atoms with E-state index in [1.54, 1.807) is 24.3 Å². The summed E-state index contributed by atoms with van der Waals surface area (Å²) >= 11 is 0. The number of carbonyl (C=O) groups excluding carboxylic acids is 2. The molecule has 1 saturated heterocycles. The van der Waals surface area contributed by atoms with Crippen LogP contribution < -0.4 is 4.90 Å². The first-order valence-corrected chi connectivity index (χ1v) is 10.1. The number of benzene rings is 1. The normalized spacial score (nSPS) is 18.8. The summed E-state index contributed by atoms with van der Waals surface area (Å²) in [5.41, 5.74) is 1.64. The smallest absolute Gasteiger partial charge is 0.295 e. The van der Waals surface area contributed by atoms with Gasteiger partial charge in [-0.15, -0.1) is 0 Å². The molecule has 0 unspecified atom stereocenters. The quantitative estimate of drug-likeness (QED) is 0.427. The van der Waals surface area contributed by atoms with Crippen molar-refractivity contribution in [3.05, 3.63) is 64.6 Å². The zero-order chi connectivity index (χ0) is 21.1. The number of hydrogen-bond donors (Lipinski definition) is 2. The molecule has 1 amide bonds. The molecule has 0 bridgehead atoms. The number of likely N-dealkylation sites (N-methyl/N-ethyl adjacent to an activating group) is 1. The van der Waals surface area contributed by atoms with E-state index in [1.807, 2.05) is 26.0 Å². The maximum absolute atomic E-state index is 12.9. The molecule has 3 rings (SSSR count). The summed E-state index contributed by atoms with van der Waals surface area (Å²) in [6, 6.07) is 10.1. The Labute approximate surface area is 171 Å². The van der Waals surface area contributed by atoms with Crippen LogP contribution in [0.1, 0.15) is 42.5 Å². The number of likely N-dealkylation sites (tertiary alicyclic amines) is 1. The minimum Gasteiger partial charge on any atom is -0.507 e. The summed E-state index contributed by atoms with van der Waals surface area (Å²) in [6.07, 6.45) is 0. The Morgan fingerprint density at radius 1 is 1.07 bits per heavy atom. The van der Waals surface area contributed by atoms with Crippen molar-refractivity contribution in [1.29, 1.82) is 0 Å². The lowest BCUT2D eigenvalue weighted by atomic mass is 9.99. The number of hydrogen-bond acceptors (Lipinski definition) is 4. The van der Waals surface area contributed by atoms with Crippen molar-refractivity contribution in [2.75, 3.05) is 26.2 Å². The molecule has 6 nitrogen and oxygen atoms in total. The van der Waals surface area contributed by atoms with Crippen molar-refractivity contribution >= 4 is 17.4 Å². The fraction of sp³-hybridized carbons (Fsp3) is 0.391. The first-order valence-electron chi connectivity index (χ1n) is 10.1. The van der Waals surface area contributed by atoms with Gasteiger partial charge in [-0.2, -0.15) is 0 Å². The van der Waals surface area contributed by atoms with Gasteiger partial charge in [0.05, 0.1) is 31.8 Å². The van der Waals surface area contributed by atoms with Crippen LogP contribution >= 0.6 is 0 Å². The molecule has 6 heteroatoms. The molecule has 0 spiro atoms. The van der Waals surface area contributed by atoms with E-state index in [2.05, 4.69) is 13.8 Å². The molecule has 1 aliphatic rings. The fourth-order valence-electron chi connectivity index (χ4n) is 3.76. The van der Waals surface area contributed by atoms with Crippen molar-refractivity contribution in [1.82, 2.24) is 4.90 Å². The van der Waals surface area contributed by atoms with E-state index >= 15 is 0 Å². The number of Topliss-reactive ketones (excluding diaryl/α,β-unsaturated/α-hetero) is 1. The topological polar surface area (TPSA) is 75.2 Å². The number of amides is 1. The molecule has 2 N–H and O–H groups in total. The number of aliphatic hydroxyl groups excluding tert-OH is 1. The third-order valence-electron chi connectivity index (χ3n) is 5.60. The van der Waals surface area contributed by atoms with E-state index < -0.39 is 17.7 Å². The van der Waals surface area contributed by atoms with Crippen LogP contribution in [0.2, 0.25) is 0 Å². The zero-order valence-electron chi connectivity index (χ0n) is 17.5. The molecule has 1 atom stereocenters. The lowest BCUT2D eigenvalue weighted by molar-refractivity contribution is -0.895. The van der Waals surface area contributed by atoms with Crippen LogP contribution in [-0.4, -0.2) is 47.9 Å². The highest BCUT2D eigenvalue weighted by molar-refractivity contribution is 6.46. The maximum Gasteiger partial charge on any atom is 0.295 e. The molecule has 154 valence electrons. The number of furan rings is 1. The standard InChI is InChI=1S/C23H28N2O4/c1-5-24(6-2)13-14-25-20(18-12-9-16(4)29-18)19(22(27)23(25)28)21(26)17-10-7-15(3)8-11-17/h7-12,20,26H,5-6,13-14H2,1-4H3/p+1/b21-19+/t20-/m1/s1. The summed E-state index contributed by atoms with van der Waals surface area (Å²) in [5, 5.41) is 11.0. The third kappa shape index (κ3) is 4.12. The molecule has 29 heavy (non-hydrogen) atoms. The first-order chi connectivity index (χ1) is 13.9. The van der Waals surface area contributed by atoms with Crippen molar-refractivity contribution in [3.8, 4) is 0 Å². The largest absolute Gasteiger partial charge is 0.507 e. The van der Waals surface area contributed by atoms with E-state index in [0.29, 0.717) is 23.6 Å². The van der Waals surface area contributed by atoms with Gasteiger partial charge < -0.3 is 19.3 Å². The number of nitrogens with one attached hydrogen (secondary N) is 1. The number of aliphatic hydroxyl groups is 1. The predicted molar refractivity (Wildman–Crippen MR) is 111 cm³/mol. The lowest BCUT2D eigenvalue weighted by Crippen LogP contribution is -3.12. The van der Waals surface area contributed by atoms with Gasteiger partial charge in [-0.25, -0.2) is 0 Å². The summed E-state index contributed by atoms with van der Waals surface area (Å²) in [7, 11) is 0. The van der Waals surface area contributed by atoms with Gasteiger partial charge >= 0.3 is 0 Å². The average Bonchev–Trinajstić information content (AvgIpc) is 3.24. The number of carbonyl (C=O) groups is 2. The Morgan fingerprint density at radius 3 is 2.28 bits per heavy atom. The van der Waals surface area contributed by atoms with Crippen molar-refractivity contribution in [2.45, 2.75) is 33.7 Å². The monoisotopic (exact) mass is 397 g/mol. The van der Waals surface area contributed by atoms with E-state index in [0.717, 1.165) is 25.2 Å². The lowest BCUT2D eigenvalue weighted by Gasteiger charge is -2.25. The highest BCUT2D eigenvalue weighted by Gasteiger charge is 2.47. The zero-order valence-corrected chi connectivity index (χ0v) is 17.5. The Balaban J connectivity index is 2.06. The number of quaternary nitrogens is 1. The Morgan fingerprint density at radius 2 is 1.72 bits per heavy atom. The van der Waals surface area contributed by atoms with Gasteiger partial charge in [-0.1, -0.05) is 29.8 Å². The Hall–Kier alpha value is -2.86. The van der Waals surface area contributed by atoms with Crippen LogP contribution in [0, 0.1) is 13.8 Å². The SMILES string of the molecule is CC[NH+](CC)CCN1C(=O)C(=O)/C(=C(/O)c2ccc(C)cc2)[C@H]1c1ccc(C)o1. The first kappa shape index (κ1) is 20.9. The van der Waals surface area contributed by atoms with Gasteiger partial charge in [0, 0.05) is 5.56 Å². The van der Waals surface area contributed by atoms with Crippen molar-refractivity contribution < 1.29 is 24.0 Å². The molecule has 0 saturated carbocycles. The van der Waals surface area contributed by atoms with Crippen LogP contribution in [0.15, 0.2) is 46.4 Å². The summed E-state index contributed by atoms with van der Waals surface area (Å²) in [4.78, 5) is 28.6. The fourth-order valence-corrected chi connectivity index (χ4v) is 3.76. The minimum atomic E-state index is -0.722. The summed E-state index contributed by atoms with van der Waals surface area (Å²) in [6.45, 7) is 11.0. The van der Waals surface area contributed by atoms with Crippen molar-refractivity contribution in [3.63, 3.8) is 0 Å². The van der Waals surface area contributed by atoms with Crippen LogP contribution in [-0.2, 0) is 9.59 Å². The molecule has 0 radical (unpaired) electrons. The predicted octanol–water partition coefficient (Wildman–Crippen LogP) is 2.24. The average molecular weight is 397 g/mol. The van der Waals surface area contributed by atoms with Crippen LogP contribution in [0.3, 0.4) is 0 Å². The van der Waals surface area contributed by atoms with E-state index in [-0.39, 0.29) is 11.3 Å². The molecular formula is C23H29N2O4+. The number of aryl methyl sites for hydroxylation is 2. The molecule has 0 aliphatic carbocycles. The molecule has 1 aromatic carbocycles. The van der Waals surface area contributed by atoms with Crippen molar-refractivity contribution in [2.24, 2.45) is 0 Å².